The molecule has 0 amide bonds. The van der Waals surface area contributed by atoms with E-state index in [0.29, 0.717) is 11.6 Å². The van der Waals surface area contributed by atoms with Gasteiger partial charge in [-0.1, -0.05) is 54.1 Å². The molecule has 1 unspecified atom stereocenters. The van der Waals surface area contributed by atoms with Gasteiger partial charge in [-0.25, -0.2) is 4.79 Å². The molecule has 2 aromatic rings. The number of rotatable bonds is 5. The fourth-order valence-electron chi connectivity index (χ4n) is 1.97. The summed E-state index contributed by atoms with van der Waals surface area (Å²) in [6.45, 7) is 0.537. The molecular weight excluding hydrogens is 274 g/mol. The molecule has 0 saturated heterocycles. The third kappa shape index (κ3) is 3.83. The van der Waals surface area contributed by atoms with Crippen molar-refractivity contribution < 1.29 is 9.53 Å². The van der Waals surface area contributed by atoms with Crippen LogP contribution in [0.5, 0.6) is 0 Å². The number of benzene rings is 2. The first-order valence-electron chi connectivity index (χ1n) is 6.31. The zero-order chi connectivity index (χ0) is 14.4. The average molecular weight is 290 g/mol. The monoisotopic (exact) mass is 289 g/mol. The highest BCUT2D eigenvalue weighted by Crippen LogP contribution is 2.16. The van der Waals surface area contributed by atoms with E-state index in [1.165, 1.54) is 7.11 Å². The van der Waals surface area contributed by atoms with Crippen molar-refractivity contribution in [3.63, 3.8) is 0 Å². The Morgan fingerprint density at radius 1 is 1.20 bits per heavy atom. The summed E-state index contributed by atoms with van der Waals surface area (Å²) in [7, 11) is 1.39. The van der Waals surface area contributed by atoms with E-state index in [0.717, 1.165) is 11.1 Å². The van der Waals surface area contributed by atoms with Crippen molar-refractivity contribution >= 4 is 17.6 Å². The van der Waals surface area contributed by atoms with Crippen LogP contribution >= 0.6 is 11.6 Å². The van der Waals surface area contributed by atoms with Crippen molar-refractivity contribution in [2.24, 2.45) is 0 Å². The zero-order valence-corrected chi connectivity index (χ0v) is 11.9. The number of methoxy groups -OCH3 is 1. The first-order valence-corrected chi connectivity index (χ1v) is 6.69. The predicted molar refractivity (Wildman–Crippen MR) is 79.5 cm³/mol. The summed E-state index contributed by atoms with van der Waals surface area (Å²) in [5, 5.41) is 3.88. The molecule has 104 valence electrons. The largest absolute Gasteiger partial charge is 0.468 e. The summed E-state index contributed by atoms with van der Waals surface area (Å²) < 4.78 is 4.85. The minimum atomic E-state index is -0.486. The third-order valence-corrected chi connectivity index (χ3v) is 3.20. The highest BCUT2D eigenvalue weighted by atomic mass is 35.5. The number of ether oxygens (including phenoxy) is 1. The van der Waals surface area contributed by atoms with Crippen molar-refractivity contribution in [2.75, 3.05) is 7.11 Å². The number of esters is 1. The Hall–Kier alpha value is -1.84. The second kappa shape index (κ2) is 7.08. The minimum Gasteiger partial charge on any atom is -0.468 e. The van der Waals surface area contributed by atoms with Gasteiger partial charge >= 0.3 is 5.97 Å². The number of halogens is 1. The van der Waals surface area contributed by atoms with Crippen LogP contribution < -0.4 is 5.32 Å². The molecule has 0 aliphatic heterocycles. The highest BCUT2D eigenvalue weighted by Gasteiger charge is 2.20. The molecule has 0 radical (unpaired) electrons. The Morgan fingerprint density at radius 3 is 2.60 bits per heavy atom. The molecule has 1 N–H and O–H groups in total. The van der Waals surface area contributed by atoms with Crippen LogP contribution in [0.15, 0.2) is 54.6 Å². The van der Waals surface area contributed by atoms with Gasteiger partial charge in [0, 0.05) is 11.6 Å². The van der Waals surface area contributed by atoms with E-state index >= 15 is 0 Å². The maximum Gasteiger partial charge on any atom is 0.327 e. The topological polar surface area (TPSA) is 38.3 Å². The molecule has 2 rings (SSSR count). The van der Waals surface area contributed by atoms with E-state index < -0.39 is 6.04 Å². The van der Waals surface area contributed by atoms with Crippen LogP contribution in [-0.2, 0) is 16.1 Å². The van der Waals surface area contributed by atoms with Crippen molar-refractivity contribution in [1.29, 1.82) is 0 Å². The molecule has 0 aromatic heterocycles. The lowest BCUT2D eigenvalue weighted by Gasteiger charge is -2.17. The Bertz CT molecular complexity index is 572. The maximum atomic E-state index is 11.9. The first-order chi connectivity index (χ1) is 9.70. The molecule has 20 heavy (non-hydrogen) atoms. The van der Waals surface area contributed by atoms with Crippen LogP contribution in [0.1, 0.15) is 17.2 Å². The van der Waals surface area contributed by atoms with Gasteiger partial charge in [0.15, 0.2) is 0 Å². The fourth-order valence-corrected chi connectivity index (χ4v) is 2.18. The molecular formula is C16H16ClNO2. The normalized spacial score (nSPS) is 11.9. The summed E-state index contributed by atoms with van der Waals surface area (Å²) in [6, 6.07) is 16.5. The summed E-state index contributed by atoms with van der Waals surface area (Å²) in [5.41, 5.74) is 1.89. The molecule has 3 nitrogen and oxygen atoms in total. The van der Waals surface area contributed by atoms with Crippen molar-refractivity contribution in [3.8, 4) is 0 Å². The van der Waals surface area contributed by atoms with Gasteiger partial charge in [0.25, 0.3) is 0 Å². The maximum absolute atomic E-state index is 11.9. The second-order valence-electron chi connectivity index (χ2n) is 4.38. The van der Waals surface area contributed by atoms with Crippen LogP contribution in [0.4, 0.5) is 0 Å². The molecule has 1 atom stereocenters. The fraction of sp³-hybridized carbons (Fsp3) is 0.188. The first kappa shape index (κ1) is 14.6. The lowest BCUT2D eigenvalue weighted by Crippen LogP contribution is -2.29. The van der Waals surface area contributed by atoms with Crippen LogP contribution in [0, 0.1) is 0 Å². The van der Waals surface area contributed by atoms with Gasteiger partial charge in [0.1, 0.15) is 6.04 Å². The third-order valence-electron chi connectivity index (χ3n) is 2.97. The number of carbonyl (C=O) groups is 1. The van der Waals surface area contributed by atoms with Gasteiger partial charge in [-0.15, -0.1) is 0 Å². The molecule has 0 spiro atoms. The van der Waals surface area contributed by atoms with E-state index in [9.17, 15) is 4.79 Å². The SMILES string of the molecule is COC(=O)C(NCc1cccc(Cl)c1)c1ccccc1. The molecule has 0 saturated carbocycles. The number of hydrogen-bond acceptors (Lipinski definition) is 3. The number of hydrogen-bond donors (Lipinski definition) is 1. The van der Waals surface area contributed by atoms with Crippen LogP contribution in [0.2, 0.25) is 5.02 Å². The Labute approximate surface area is 123 Å². The Morgan fingerprint density at radius 2 is 1.95 bits per heavy atom. The summed E-state index contributed by atoms with van der Waals surface area (Å²) in [6.07, 6.45) is 0. The van der Waals surface area contributed by atoms with Crippen molar-refractivity contribution in [3.05, 3.63) is 70.7 Å². The molecule has 0 bridgehead atoms. The van der Waals surface area contributed by atoms with Gasteiger partial charge in [-0.2, -0.15) is 0 Å². The van der Waals surface area contributed by atoms with Crippen molar-refractivity contribution in [2.45, 2.75) is 12.6 Å². The van der Waals surface area contributed by atoms with E-state index in [2.05, 4.69) is 5.32 Å². The Balaban J connectivity index is 2.11. The molecule has 4 heteroatoms. The van der Waals surface area contributed by atoms with Gasteiger partial charge in [-0.05, 0) is 23.3 Å². The molecule has 0 aliphatic carbocycles. The van der Waals surface area contributed by atoms with Gasteiger partial charge < -0.3 is 4.74 Å². The van der Waals surface area contributed by atoms with Crippen LogP contribution in [-0.4, -0.2) is 13.1 Å². The summed E-state index contributed by atoms with van der Waals surface area (Å²) >= 11 is 5.95. The second-order valence-corrected chi connectivity index (χ2v) is 4.81. The lowest BCUT2D eigenvalue weighted by molar-refractivity contribution is -0.143. The zero-order valence-electron chi connectivity index (χ0n) is 11.2. The molecule has 0 heterocycles. The van der Waals surface area contributed by atoms with Gasteiger partial charge in [0.2, 0.25) is 0 Å². The molecule has 0 aliphatic rings. The number of nitrogens with one attached hydrogen (secondary N) is 1. The number of carbonyl (C=O) groups excluding carboxylic acids is 1. The smallest absolute Gasteiger partial charge is 0.327 e. The summed E-state index contributed by atoms with van der Waals surface area (Å²) in [4.78, 5) is 11.9. The highest BCUT2D eigenvalue weighted by molar-refractivity contribution is 6.30. The standard InChI is InChI=1S/C16H16ClNO2/c1-20-16(19)15(13-7-3-2-4-8-13)18-11-12-6-5-9-14(17)10-12/h2-10,15,18H,11H2,1H3. The van der Waals surface area contributed by atoms with Crippen molar-refractivity contribution in [1.82, 2.24) is 5.32 Å². The van der Waals surface area contributed by atoms with E-state index in [1.807, 2.05) is 54.6 Å². The lowest BCUT2D eigenvalue weighted by atomic mass is 10.1. The molecule has 2 aromatic carbocycles. The van der Waals surface area contributed by atoms with Gasteiger partial charge in [0.05, 0.1) is 7.11 Å². The predicted octanol–water partition coefficient (Wildman–Crippen LogP) is 3.34. The van der Waals surface area contributed by atoms with E-state index in [4.69, 9.17) is 16.3 Å². The summed E-state index contributed by atoms with van der Waals surface area (Å²) in [5.74, 6) is -0.307. The quantitative estimate of drug-likeness (QED) is 0.858. The van der Waals surface area contributed by atoms with Crippen LogP contribution in [0.25, 0.3) is 0 Å². The van der Waals surface area contributed by atoms with E-state index in [1.54, 1.807) is 0 Å². The van der Waals surface area contributed by atoms with Crippen LogP contribution in [0.3, 0.4) is 0 Å². The minimum absolute atomic E-state index is 0.307. The Kier molecular flexibility index (Phi) is 5.16. The molecule has 0 fully saturated rings. The average Bonchev–Trinajstić information content (AvgIpc) is 2.48. The van der Waals surface area contributed by atoms with E-state index in [-0.39, 0.29) is 5.97 Å². The van der Waals surface area contributed by atoms with Gasteiger partial charge in [-0.3, -0.25) is 5.32 Å².